The summed E-state index contributed by atoms with van der Waals surface area (Å²) in [6, 6.07) is 9.59. The molecule has 1 aromatic heterocycles. The van der Waals surface area contributed by atoms with Gasteiger partial charge in [0.25, 0.3) is 0 Å². The third-order valence-corrected chi connectivity index (χ3v) is 4.82. The van der Waals surface area contributed by atoms with E-state index in [-0.39, 0.29) is 11.7 Å². The van der Waals surface area contributed by atoms with Crippen molar-refractivity contribution < 1.29 is 9.90 Å². The smallest absolute Gasteiger partial charge is 0.237 e. The van der Waals surface area contributed by atoms with Gasteiger partial charge in [-0.2, -0.15) is 0 Å². The van der Waals surface area contributed by atoms with Gasteiger partial charge in [-0.1, -0.05) is 29.3 Å². The van der Waals surface area contributed by atoms with E-state index in [0.717, 1.165) is 22.0 Å². The molecule has 0 saturated heterocycles. The fourth-order valence-electron chi connectivity index (χ4n) is 2.84. The summed E-state index contributed by atoms with van der Waals surface area (Å²) in [5, 5.41) is 14.4. The van der Waals surface area contributed by atoms with Crippen LogP contribution in [0.5, 0.6) is 5.75 Å². The lowest BCUT2D eigenvalue weighted by Gasteiger charge is -2.13. The monoisotopic (exact) mass is 391 g/mol. The van der Waals surface area contributed by atoms with Crippen LogP contribution in [0, 0.1) is 0 Å². The lowest BCUT2D eigenvalue weighted by molar-refractivity contribution is -0.122. The molecule has 0 aliphatic carbocycles. The number of hydrogen-bond donors (Lipinski definition) is 4. The van der Waals surface area contributed by atoms with Crippen LogP contribution >= 0.6 is 23.2 Å². The van der Waals surface area contributed by atoms with E-state index in [1.54, 1.807) is 30.3 Å². The molecule has 1 heterocycles. The molecule has 1 atom stereocenters. The zero-order chi connectivity index (χ0) is 18.7. The van der Waals surface area contributed by atoms with Gasteiger partial charge in [-0.15, -0.1) is 0 Å². The minimum atomic E-state index is -0.694. The Hall–Kier alpha value is -2.21. The third kappa shape index (κ3) is 4.30. The highest BCUT2D eigenvalue weighted by Crippen LogP contribution is 2.23. The predicted molar refractivity (Wildman–Crippen MR) is 105 cm³/mol. The molecule has 0 spiro atoms. The maximum atomic E-state index is 12.2. The highest BCUT2D eigenvalue weighted by molar-refractivity contribution is 6.35. The van der Waals surface area contributed by atoms with E-state index in [4.69, 9.17) is 28.9 Å². The van der Waals surface area contributed by atoms with Crippen molar-refractivity contribution in [3.05, 3.63) is 63.8 Å². The van der Waals surface area contributed by atoms with Crippen LogP contribution in [-0.4, -0.2) is 28.6 Å². The average molecular weight is 392 g/mol. The van der Waals surface area contributed by atoms with Gasteiger partial charge in [-0.3, -0.25) is 4.79 Å². The summed E-state index contributed by atoms with van der Waals surface area (Å²) in [5.41, 5.74) is 8.73. The first-order valence-corrected chi connectivity index (χ1v) is 8.96. The van der Waals surface area contributed by atoms with Gasteiger partial charge >= 0.3 is 0 Å². The molecule has 0 aliphatic heterocycles. The lowest BCUT2D eigenvalue weighted by atomic mass is 10.1. The van der Waals surface area contributed by atoms with Gasteiger partial charge < -0.3 is 21.1 Å². The number of aromatic amines is 1. The molecule has 0 unspecified atom stereocenters. The summed E-state index contributed by atoms with van der Waals surface area (Å²) in [4.78, 5) is 15.4. The fourth-order valence-corrected chi connectivity index (χ4v) is 3.33. The Morgan fingerprint density at radius 3 is 2.77 bits per heavy atom. The highest BCUT2D eigenvalue weighted by atomic mass is 35.5. The predicted octanol–water partition coefficient (Wildman–Crippen LogP) is 3.41. The molecule has 5 nitrogen and oxygen atoms in total. The number of H-pyrrole nitrogens is 1. The summed E-state index contributed by atoms with van der Waals surface area (Å²) in [6.45, 7) is 0.448. The van der Waals surface area contributed by atoms with E-state index < -0.39 is 6.04 Å². The molecule has 2 aromatic carbocycles. The first-order valence-electron chi connectivity index (χ1n) is 8.20. The molecule has 3 rings (SSSR count). The van der Waals surface area contributed by atoms with Crippen LogP contribution in [0.25, 0.3) is 10.9 Å². The Labute approximate surface area is 161 Å². The quantitative estimate of drug-likeness (QED) is 0.518. The zero-order valence-electron chi connectivity index (χ0n) is 13.9. The second-order valence-electron chi connectivity index (χ2n) is 6.13. The number of carbonyl (C=O) groups excluding carboxylic acids is 1. The number of aromatic hydroxyl groups is 1. The maximum absolute atomic E-state index is 12.2. The van der Waals surface area contributed by atoms with Crippen molar-refractivity contribution in [2.24, 2.45) is 5.73 Å². The molecule has 0 fully saturated rings. The Kier molecular flexibility index (Phi) is 5.71. The van der Waals surface area contributed by atoms with Crippen LogP contribution in [0.3, 0.4) is 0 Å². The second-order valence-corrected chi connectivity index (χ2v) is 6.97. The molecule has 0 saturated carbocycles. The number of fused-ring (bicyclic) bond motifs is 1. The minimum Gasteiger partial charge on any atom is -0.508 e. The summed E-state index contributed by atoms with van der Waals surface area (Å²) in [6.07, 6.45) is 2.84. The van der Waals surface area contributed by atoms with Crippen molar-refractivity contribution in [1.82, 2.24) is 10.3 Å². The Morgan fingerprint density at radius 2 is 2.00 bits per heavy atom. The van der Waals surface area contributed by atoms with Gasteiger partial charge in [0.15, 0.2) is 0 Å². The van der Waals surface area contributed by atoms with E-state index in [2.05, 4.69) is 10.3 Å². The molecule has 0 aliphatic rings. The molecule has 0 radical (unpaired) electrons. The number of rotatable bonds is 6. The Balaban J connectivity index is 1.55. The van der Waals surface area contributed by atoms with Crippen LogP contribution < -0.4 is 11.1 Å². The SMILES string of the molecule is N[C@H](Cc1ccc(Cl)cc1Cl)C(=O)NCCc1c[nH]c2ccc(O)cc12. The van der Waals surface area contributed by atoms with Gasteiger partial charge in [0.05, 0.1) is 6.04 Å². The summed E-state index contributed by atoms with van der Waals surface area (Å²) >= 11 is 12.0. The number of phenols is 1. The third-order valence-electron chi connectivity index (χ3n) is 4.24. The molecule has 0 bridgehead atoms. The number of nitrogens with one attached hydrogen (secondary N) is 2. The molecule has 7 heteroatoms. The largest absolute Gasteiger partial charge is 0.508 e. The number of benzene rings is 2. The molecular weight excluding hydrogens is 373 g/mol. The van der Waals surface area contributed by atoms with Crippen molar-refractivity contribution in [3.8, 4) is 5.75 Å². The lowest BCUT2D eigenvalue weighted by Crippen LogP contribution is -2.42. The first-order chi connectivity index (χ1) is 12.4. The summed E-state index contributed by atoms with van der Waals surface area (Å²) in [5.74, 6) is -0.0250. The summed E-state index contributed by atoms with van der Waals surface area (Å²) in [7, 11) is 0. The molecule has 5 N–H and O–H groups in total. The van der Waals surface area contributed by atoms with Crippen LogP contribution in [0.1, 0.15) is 11.1 Å². The van der Waals surface area contributed by atoms with Crippen molar-refractivity contribution in [2.75, 3.05) is 6.54 Å². The minimum absolute atomic E-state index is 0.212. The number of hydrogen-bond acceptors (Lipinski definition) is 3. The van der Waals surface area contributed by atoms with Crippen molar-refractivity contribution in [3.63, 3.8) is 0 Å². The van der Waals surface area contributed by atoms with E-state index in [9.17, 15) is 9.90 Å². The molecule has 1 amide bonds. The van der Waals surface area contributed by atoms with Gasteiger partial charge in [0.1, 0.15) is 5.75 Å². The Bertz CT molecular complexity index is 940. The summed E-state index contributed by atoms with van der Waals surface area (Å²) < 4.78 is 0. The number of carbonyl (C=O) groups is 1. The van der Waals surface area contributed by atoms with Crippen molar-refractivity contribution in [1.29, 1.82) is 0 Å². The van der Waals surface area contributed by atoms with E-state index in [1.807, 2.05) is 12.3 Å². The van der Waals surface area contributed by atoms with Crippen LogP contribution in [0.15, 0.2) is 42.6 Å². The second kappa shape index (κ2) is 7.99. The van der Waals surface area contributed by atoms with E-state index >= 15 is 0 Å². The van der Waals surface area contributed by atoms with Gasteiger partial charge in [0.2, 0.25) is 5.91 Å². The molecular formula is C19H19Cl2N3O2. The van der Waals surface area contributed by atoms with Crippen molar-refractivity contribution >= 4 is 40.0 Å². The fraction of sp³-hybridized carbons (Fsp3) is 0.211. The number of phenolic OH excluding ortho intramolecular Hbond substituents is 1. The standard InChI is InChI=1S/C19H19Cl2N3O2/c20-13-2-1-11(16(21)8-13)7-17(22)19(26)23-6-5-12-10-24-18-4-3-14(25)9-15(12)18/h1-4,8-10,17,24-25H,5-7,22H2,(H,23,26)/t17-/m1/s1. The van der Waals surface area contributed by atoms with E-state index in [0.29, 0.717) is 29.4 Å². The van der Waals surface area contributed by atoms with Crippen molar-refractivity contribution in [2.45, 2.75) is 18.9 Å². The maximum Gasteiger partial charge on any atom is 0.237 e. The normalized spacial score (nSPS) is 12.3. The number of halogens is 2. The number of nitrogens with two attached hydrogens (primary N) is 1. The first kappa shape index (κ1) is 18.6. The molecule has 136 valence electrons. The van der Waals surface area contributed by atoms with Gasteiger partial charge in [-0.05, 0) is 54.3 Å². The van der Waals surface area contributed by atoms with Crippen LogP contribution in [-0.2, 0) is 17.6 Å². The topological polar surface area (TPSA) is 91.1 Å². The van der Waals surface area contributed by atoms with Crippen LogP contribution in [0.4, 0.5) is 0 Å². The average Bonchev–Trinajstić information content (AvgIpc) is 2.99. The van der Waals surface area contributed by atoms with Gasteiger partial charge in [0, 0.05) is 33.7 Å². The van der Waals surface area contributed by atoms with Gasteiger partial charge in [-0.25, -0.2) is 0 Å². The number of amides is 1. The van der Waals surface area contributed by atoms with Crippen LogP contribution in [0.2, 0.25) is 10.0 Å². The number of aromatic nitrogens is 1. The highest BCUT2D eigenvalue weighted by Gasteiger charge is 2.15. The molecule has 26 heavy (non-hydrogen) atoms. The molecule has 3 aromatic rings. The van der Waals surface area contributed by atoms with E-state index in [1.165, 1.54) is 0 Å². The zero-order valence-corrected chi connectivity index (χ0v) is 15.4. The Morgan fingerprint density at radius 1 is 1.19 bits per heavy atom.